The van der Waals surface area contributed by atoms with E-state index in [0.29, 0.717) is 17.7 Å². The lowest BCUT2D eigenvalue weighted by Gasteiger charge is -2.12. The third-order valence-electron chi connectivity index (χ3n) is 3.02. The van der Waals surface area contributed by atoms with Gasteiger partial charge in [0, 0.05) is 31.8 Å². The number of aromatic nitrogens is 2. The van der Waals surface area contributed by atoms with E-state index in [9.17, 15) is 4.79 Å². The largest absolute Gasteiger partial charge is 0.473 e. The number of likely N-dealkylation sites (N-methyl/N-ethyl adjacent to an activating group) is 1. The second kappa shape index (κ2) is 5.61. The van der Waals surface area contributed by atoms with Crippen LogP contribution in [0.1, 0.15) is 6.92 Å². The van der Waals surface area contributed by atoms with Crippen LogP contribution in [0.4, 0.5) is 5.82 Å². The molecule has 6 nitrogen and oxygen atoms in total. The van der Waals surface area contributed by atoms with Gasteiger partial charge in [-0.05, 0) is 18.6 Å². The molecule has 0 bridgehead atoms. The summed E-state index contributed by atoms with van der Waals surface area (Å²) in [4.78, 5) is 17.7. The first-order chi connectivity index (χ1) is 9.51. The Morgan fingerprint density at radius 1 is 1.65 bits per heavy atom. The van der Waals surface area contributed by atoms with E-state index >= 15 is 0 Å². The molecule has 0 saturated heterocycles. The van der Waals surface area contributed by atoms with E-state index in [0.717, 1.165) is 12.4 Å². The van der Waals surface area contributed by atoms with Gasteiger partial charge in [0.05, 0.1) is 6.07 Å². The minimum Gasteiger partial charge on any atom is -0.473 e. The lowest BCUT2D eigenvalue weighted by molar-refractivity contribution is 0.339. The topological polar surface area (TPSA) is 71.1 Å². The Kier molecular flexibility index (Phi) is 3.89. The summed E-state index contributed by atoms with van der Waals surface area (Å²) in [6, 6.07) is 3.75. The Hall–Kier alpha value is -2.55. The molecular weight excluding hydrogens is 256 g/mol. The first-order valence-electron chi connectivity index (χ1n) is 6.23. The summed E-state index contributed by atoms with van der Waals surface area (Å²) in [5.74, 6) is 1.08. The van der Waals surface area contributed by atoms with Crippen LogP contribution in [-0.4, -0.2) is 29.8 Å². The third kappa shape index (κ3) is 2.88. The normalized spacial score (nSPS) is 13.8. The first kappa shape index (κ1) is 13.9. The van der Waals surface area contributed by atoms with Crippen LogP contribution in [0.5, 0.6) is 5.88 Å². The summed E-state index contributed by atoms with van der Waals surface area (Å²) in [7, 11) is 1.92. The van der Waals surface area contributed by atoms with E-state index in [-0.39, 0.29) is 18.2 Å². The molecule has 6 heteroatoms. The molecule has 0 N–H and O–H groups in total. The summed E-state index contributed by atoms with van der Waals surface area (Å²) in [5.41, 5.74) is 0.899. The number of hydrogen-bond acceptors (Lipinski definition) is 5. The lowest BCUT2D eigenvalue weighted by atomic mass is 10.2. The maximum atomic E-state index is 11.8. The number of rotatable bonds is 4. The molecule has 1 aliphatic rings. The predicted molar refractivity (Wildman–Crippen MR) is 75.8 cm³/mol. The molecule has 20 heavy (non-hydrogen) atoms. The number of anilines is 1. The lowest BCUT2D eigenvalue weighted by Crippen LogP contribution is -2.22. The van der Waals surface area contributed by atoms with Gasteiger partial charge in [-0.3, -0.25) is 4.57 Å². The summed E-state index contributed by atoms with van der Waals surface area (Å²) in [5, 5.41) is 8.68. The number of hydrogen-bond donors (Lipinski definition) is 0. The van der Waals surface area contributed by atoms with Gasteiger partial charge < -0.3 is 9.64 Å². The van der Waals surface area contributed by atoms with Gasteiger partial charge in [-0.25, -0.2) is 4.79 Å². The van der Waals surface area contributed by atoms with E-state index in [1.54, 1.807) is 23.6 Å². The fraction of sp³-hybridized carbons (Fsp3) is 0.357. The Balaban J connectivity index is 2.11. The van der Waals surface area contributed by atoms with E-state index in [1.165, 1.54) is 0 Å². The van der Waals surface area contributed by atoms with Crippen LogP contribution >= 0.6 is 0 Å². The Bertz CT molecular complexity index is 667. The molecule has 0 amide bonds. The Morgan fingerprint density at radius 2 is 2.40 bits per heavy atom. The van der Waals surface area contributed by atoms with E-state index in [4.69, 9.17) is 10.00 Å². The monoisotopic (exact) mass is 272 g/mol. The molecule has 1 aromatic rings. The smallest absolute Gasteiger partial charge is 0.352 e. The highest BCUT2D eigenvalue weighted by Gasteiger charge is 2.18. The maximum absolute atomic E-state index is 11.8. The molecule has 0 aliphatic carbocycles. The SMILES string of the molecule is C=C(C=C(C)C#N)COc1cc2n(c(=O)n1)CCN2C. The molecule has 0 saturated carbocycles. The van der Waals surface area contributed by atoms with Gasteiger partial charge in [-0.2, -0.15) is 10.2 Å². The summed E-state index contributed by atoms with van der Waals surface area (Å²) < 4.78 is 7.08. The average molecular weight is 272 g/mol. The van der Waals surface area contributed by atoms with Crippen molar-refractivity contribution in [2.45, 2.75) is 13.5 Å². The Labute approximate surface area is 117 Å². The third-order valence-corrected chi connectivity index (χ3v) is 3.02. The van der Waals surface area contributed by atoms with Crippen molar-refractivity contribution in [1.29, 1.82) is 5.26 Å². The highest BCUT2D eigenvalue weighted by Crippen LogP contribution is 2.20. The van der Waals surface area contributed by atoms with E-state index in [1.807, 2.05) is 18.0 Å². The summed E-state index contributed by atoms with van der Waals surface area (Å²) >= 11 is 0. The zero-order chi connectivity index (χ0) is 14.7. The number of allylic oxidation sites excluding steroid dienone is 1. The highest BCUT2D eigenvalue weighted by atomic mass is 16.5. The minimum atomic E-state index is -0.309. The van der Waals surface area contributed by atoms with Crippen LogP contribution in [0, 0.1) is 11.3 Å². The molecule has 0 fully saturated rings. The molecule has 104 valence electrons. The second-order valence-electron chi connectivity index (χ2n) is 4.69. The van der Waals surface area contributed by atoms with Crippen molar-refractivity contribution in [1.82, 2.24) is 9.55 Å². The molecule has 2 rings (SSSR count). The van der Waals surface area contributed by atoms with Gasteiger partial charge in [0.1, 0.15) is 12.4 Å². The highest BCUT2D eigenvalue weighted by molar-refractivity contribution is 5.44. The van der Waals surface area contributed by atoms with Gasteiger partial charge in [-0.1, -0.05) is 6.58 Å². The zero-order valence-electron chi connectivity index (χ0n) is 11.6. The van der Waals surface area contributed by atoms with Crippen LogP contribution < -0.4 is 15.3 Å². The predicted octanol–water partition coefficient (Wildman–Crippen LogP) is 1.10. The van der Waals surface area contributed by atoms with Crippen LogP contribution in [0.2, 0.25) is 0 Å². The molecule has 0 unspecified atom stereocenters. The van der Waals surface area contributed by atoms with Gasteiger partial charge in [0.15, 0.2) is 0 Å². The van der Waals surface area contributed by atoms with Gasteiger partial charge in [0.25, 0.3) is 0 Å². The second-order valence-corrected chi connectivity index (χ2v) is 4.69. The van der Waals surface area contributed by atoms with Crippen molar-refractivity contribution in [2.24, 2.45) is 0 Å². The minimum absolute atomic E-state index is 0.193. The fourth-order valence-electron chi connectivity index (χ4n) is 1.98. The number of nitriles is 1. The molecule has 0 radical (unpaired) electrons. The molecule has 0 atom stereocenters. The summed E-state index contributed by atoms with van der Waals surface area (Å²) in [6.07, 6.45) is 1.65. The van der Waals surface area contributed by atoms with Gasteiger partial charge in [-0.15, -0.1) is 0 Å². The molecule has 0 spiro atoms. The molecule has 1 aromatic heterocycles. The van der Waals surface area contributed by atoms with Crippen molar-refractivity contribution in [3.8, 4) is 11.9 Å². The van der Waals surface area contributed by atoms with Gasteiger partial charge >= 0.3 is 5.69 Å². The number of ether oxygens (including phenoxy) is 1. The number of fused-ring (bicyclic) bond motifs is 1. The average Bonchev–Trinajstić information content (AvgIpc) is 2.79. The van der Waals surface area contributed by atoms with Crippen molar-refractivity contribution in [3.05, 3.63) is 40.4 Å². The quantitative estimate of drug-likeness (QED) is 0.606. The summed E-state index contributed by atoms with van der Waals surface area (Å²) in [6.45, 7) is 7.12. The number of nitrogens with zero attached hydrogens (tertiary/aromatic N) is 4. The standard InChI is InChI=1S/C14H16N4O2/c1-10(8-15)6-11(2)9-20-12-7-13-17(3)4-5-18(13)14(19)16-12/h6-7H,2,4-5,9H2,1,3H3. The maximum Gasteiger partial charge on any atom is 0.352 e. The molecule has 1 aliphatic heterocycles. The van der Waals surface area contributed by atoms with Crippen molar-refractivity contribution < 1.29 is 4.74 Å². The van der Waals surface area contributed by atoms with E-state index in [2.05, 4.69) is 11.6 Å². The van der Waals surface area contributed by atoms with Crippen molar-refractivity contribution >= 4 is 5.82 Å². The van der Waals surface area contributed by atoms with Crippen LogP contribution in [0.25, 0.3) is 0 Å². The van der Waals surface area contributed by atoms with Crippen molar-refractivity contribution in [3.63, 3.8) is 0 Å². The van der Waals surface area contributed by atoms with Gasteiger partial charge in [0.2, 0.25) is 5.88 Å². The molecule has 0 aromatic carbocycles. The molecule has 2 heterocycles. The fourth-order valence-corrected chi connectivity index (χ4v) is 1.98. The first-order valence-corrected chi connectivity index (χ1v) is 6.23. The van der Waals surface area contributed by atoms with Crippen molar-refractivity contribution in [2.75, 3.05) is 25.1 Å². The Morgan fingerprint density at radius 3 is 3.10 bits per heavy atom. The molecular formula is C14H16N4O2. The van der Waals surface area contributed by atoms with Crippen LogP contribution in [-0.2, 0) is 6.54 Å². The van der Waals surface area contributed by atoms with Crippen LogP contribution in [0.3, 0.4) is 0 Å². The van der Waals surface area contributed by atoms with Crippen LogP contribution in [0.15, 0.2) is 34.7 Å². The zero-order valence-corrected chi connectivity index (χ0v) is 11.6. The van der Waals surface area contributed by atoms with E-state index < -0.39 is 0 Å².